The van der Waals surface area contributed by atoms with Crippen molar-refractivity contribution in [3.63, 3.8) is 0 Å². The summed E-state index contributed by atoms with van der Waals surface area (Å²) in [4.78, 5) is 24.7. The lowest BCUT2D eigenvalue weighted by atomic mass is 10.1. The molecule has 0 aliphatic heterocycles. The molecule has 1 N–H and O–H groups in total. The number of hydrogen-bond acceptors (Lipinski definition) is 5. The molecule has 154 valence electrons. The molecule has 0 bridgehead atoms. The molecule has 3 aromatic rings. The van der Waals surface area contributed by atoms with Gasteiger partial charge < -0.3 is 19.5 Å². The van der Waals surface area contributed by atoms with Crippen molar-refractivity contribution in [2.75, 3.05) is 19.5 Å². The molecule has 0 aliphatic carbocycles. The van der Waals surface area contributed by atoms with Crippen LogP contribution in [0.25, 0.3) is 0 Å². The molecule has 1 amide bonds. The van der Waals surface area contributed by atoms with Crippen molar-refractivity contribution in [3.05, 3.63) is 89.7 Å². The van der Waals surface area contributed by atoms with Gasteiger partial charge in [-0.3, -0.25) is 4.79 Å². The first-order valence-electron chi connectivity index (χ1n) is 9.06. The molecule has 0 fully saturated rings. The first-order chi connectivity index (χ1) is 14.5. The van der Waals surface area contributed by atoms with Crippen LogP contribution in [0.1, 0.15) is 22.0 Å². The van der Waals surface area contributed by atoms with Gasteiger partial charge in [0.1, 0.15) is 5.82 Å². The predicted octanol–water partition coefficient (Wildman–Crippen LogP) is 4.38. The number of methoxy groups -OCH3 is 2. The highest BCUT2D eigenvalue weighted by Crippen LogP contribution is 2.33. The standard InChI is InChI=1S/C23H20FNO5/c1-28-20-14-16(23(27)29-2)8-13-19(20)30-21(15-6-4-3-5-7-15)22(26)25-18-11-9-17(24)10-12-18/h3-14,21H,1-2H3,(H,25,26)/t21-/m0/s1. The zero-order chi connectivity index (χ0) is 21.5. The second-order valence-electron chi connectivity index (χ2n) is 6.26. The number of ether oxygens (including phenoxy) is 3. The van der Waals surface area contributed by atoms with Gasteiger partial charge >= 0.3 is 5.97 Å². The van der Waals surface area contributed by atoms with Crippen LogP contribution in [0, 0.1) is 5.82 Å². The van der Waals surface area contributed by atoms with Gasteiger partial charge in [-0.25, -0.2) is 9.18 Å². The lowest BCUT2D eigenvalue weighted by molar-refractivity contribution is -0.123. The SMILES string of the molecule is COC(=O)c1ccc(O[C@H](C(=O)Nc2ccc(F)cc2)c2ccccc2)c(OC)c1. The van der Waals surface area contributed by atoms with Crippen LogP contribution in [0.3, 0.4) is 0 Å². The van der Waals surface area contributed by atoms with Crippen molar-refractivity contribution < 1.29 is 28.2 Å². The van der Waals surface area contributed by atoms with E-state index in [1.807, 2.05) is 6.07 Å². The second kappa shape index (κ2) is 9.56. The van der Waals surface area contributed by atoms with E-state index < -0.39 is 23.8 Å². The highest BCUT2D eigenvalue weighted by molar-refractivity contribution is 5.95. The lowest BCUT2D eigenvalue weighted by Gasteiger charge is -2.21. The zero-order valence-corrected chi connectivity index (χ0v) is 16.4. The summed E-state index contributed by atoms with van der Waals surface area (Å²) >= 11 is 0. The van der Waals surface area contributed by atoms with E-state index in [1.165, 1.54) is 56.7 Å². The first kappa shape index (κ1) is 20.9. The number of hydrogen-bond donors (Lipinski definition) is 1. The van der Waals surface area contributed by atoms with Crippen molar-refractivity contribution in [2.45, 2.75) is 6.10 Å². The van der Waals surface area contributed by atoms with E-state index >= 15 is 0 Å². The van der Waals surface area contributed by atoms with Crippen molar-refractivity contribution in [2.24, 2.45) is 0 Å². The zero-order valence-electron chi connectivity index (χ0n) is 16.4. The number of carbonyl (C=O) groups is 2. The Balaban J connectivity index is 1.91. The Hall–Kier alpha value is -3.87. The van der Waals surface area contributed by atoms with Crippen molar-refractivity contribution >= 4 is 17.6 Å². The summed E-state index contributed by atoms with van der Waals surface area (Å²) < 4.78 is 29.2. The van der Waals surface area contributed by atoms with E-state index in [2.05, 4.69) is 5.32 Å². The smallest absolute Gasteiger partial charge is 0.337 e. The Bertz CT molecular complexity index is 1020. The van der Waals surface area contributed by atoms with Crippen molar-refractivity contribution in [1.29, 1.82) is 0 Å². The monoisotopic (exact) mass is 409 g/mol. The van der Waals surface area contributed by atoms with E-state index in [1.54, 1.807) is 24.3 Å². The van der Waals surface area contributed by atoms with Gasteiger partial charge in [0.25, 0.3) is 5.91 Å². The highest BCUT2D eigenvalue weighted by Gasteiger charge is 2.25. The number of anilines is 1. The fourth-order valence-electron chi connectivity index (χ4n) is 2.78. The minimum Gasteiger partial charge on any atom is -0.493 e. The maximum Gasteiger partial charge on any atom is 0.337 e. The van der Waals surface area contributed by atoms with Gasteiger partial charge in [0.05, 0.1) is 19.8 Å². The molecule has 0 radical (unpaired) electrons. The van der Waals surface area contributed by atoms with Crippen LogP contribution >= 0.6 is 0 Å². The maximum atomic E-state index is 13.1. The first-order valence-corrected chi connectivity index (χ1v) is 9.06. The average Bonchev–Trinajstić information content (AvgIpc) is 2.78. The van der Waals surface area contributed by atoms with Gasteiger partial charge in [0.2, 0.25) is 6.10 Å². The summed E-state index contributed by atoms with van der Waals surface area (Å²) in [6.07, 6.45) is -1.02. The third-order valence-electron chi connectivity index (χ3n) is 4.28. The quantitative estimate of drug-likeness (QED) is 0.586. The Morgan fingerprint density at radius 2 is 1.60 bits per heavy atom. The van der Waals surface area contributed by atoms with Gasteiger partial charge in [-0.15, -0.1) is 0 Å². The molecule has 0 saturated carbocycles. The Morgan fingerprint density at radius 1 is 0.900 bits per heavy atom. The van der Waals surface area contributed by atoms with E-state index in [4.69, 9.17) is 14.2 Å². The summed E-state index contributed by atoms with van der Waals surface area (Å²) in [5.41, 5.74) is 1.32. The molecule has 30 heavy (non-hydrogen) atoms. The molecule has 7 heteroatoms. The van der Waals surface area contributed by atoms with Crippen LogP contribution in [-0.4, -0.2) is 26.1 Å². The van der Waals surface area contributed by atoms with Crippen LogP contribution in [-0.2, 0) is 9.53 Å². The molecular formula is C23H20FNO5. The third-order valence-corrected chi connectivity index (χ3v) is 4.28. The molecule has 0 spiro atoms. The van der Waals surface area contributed by atoms with Crippen molar-refractivity contribution in [1.82, 2.24) is 0 Å². The lowest BCUT2D eigenvalue weighted by Crippen LogP contribution is -2.26. The molecule has 0 saturated heterocycles. The van der Waals surface area contributed by atoms with E-state index in [-0.39, 0.29) is 17.1 Å². The Morgan fingerprint density at radius 3 is 2.23 bits per heavy atom. The topological polar surface area (TPSA) is 73.9 Å². The fraction of sp³-hybridized carbons (Fsp3) is 0.130. The molecule has 0 unspecified atom stereocenters. The number of benzene rings is 3. The largest absolute Gasteiger partial charge is 0.493 e. The minimum atomic E-state index is -1.02. The average molecular weight is 409 g/mol. The number of amides is 1. The Kier molecular flexibility index (Phi) is 6.64. The molecule has 0 heterocycles. The number of nitrogens with one attached hydrogen (secondary N) is 1. The van der Waals surface area contributed by atoms with E-state index in [0.717, 1.165) is 0 Å². The minimum absolute atomic E-state index is 0.272. The Labute approximate surface area is 173 Å². The number of carbonyl (C=O) groups excluding carboxylic acids is 2. The van der Waals surface area contributed by atoms with Crippen molar-refractivity contribution in [3.8, 4) is 11.5 Å². The van der Waals surface area contributed by atoms with Gasteiger partial charge in [-0.1, -0.05) is 30.3 Å². The fourth-order valence-corrected chi connectivity index (χ4v) is 2.78. The summed E-state index contributed by atoms with van der Waals surface area (Å²) in [5, 5.41) is 2.72. The van der Waals surface area contributed by atoms with Crippen LogP contribution in [0.15, 0.2) is 72.8 Å². The molecule has 0 aromatic heterocycles. The summed E-state index contributed by atoms with van der Waals surface area (Å²) in [7, 11) is 2.71. The normalized spacial score (nSPS) is 11.3. The third kappa shape index (κ3) is 4.94. The van der Waals surface area contributed by atoms with Gasteiger partial charge in [0.15, 0.2) is 11.5 Å². The van der Waals surface area contributed by atoms with Crippen LogP contribution in [0.4, 0.5) is 10.1 Å². The molecule has 6 nitrogen and oxygen atoms in total. The maximum absolute atomic E-state index is 13.1. The molecule has 0 aliphatic rings. The number of esters is 1. The molecular weight excluding hydrogens is 389 g/mol. The highest BCUT2D eigenvalue weighted by atomic mass is 19.1. The second-order valence-corrected chi connectivity index (χ2v) is 6.26. The van der Waals surface area contributed by atoms with E-state index in [0.29, 0.717) is 11.3 Å². The van der Waals surface area contributed by atoms with Crippen LogP contribution in [0.2, 0.25) is 0 Å². The predicted molar refractivity (Wildman–Crippen MR) is 109 cm³/mol. The summed E-state index contributed by atoms with van der Waals surface area (Å²) in [6, 6.07) is 18.9. The molecule has 3 aromatic carbocycles. The number of halogens is 1. The molecule has 3 rings (SSSR count). The van der Waals surface area contributed by atoms with E-state index in [9.17, 15) is 14.0 Å². The van der Waals surface area contributed by atoms with Gasteiger partial charge in [-0.05, 0) is 42.5 Å². The summed E-state index contributed by atoms with van der Waals surface area (Å²) in [5.74, 6) is -0.832. The van der Waals surface area contributed by atoms with Gasteiger partial charge in [-0.2, -0.15) is 0 Å². The summed E-state index contributed by atoms with van der Waals surface area (Å²) in [6.45, 7) is 0. The molecule has 1 atom stereocenters. The van der Waals surface area contributed by atoms with Gasteiger partial charge in [0, 0.05) is 11.3 Å². The number of rotatable bonds is 7. The van der Waals surface area contributed by atoms with Crippen LogP contribution in [0.5, 0.6) is 11.5 Å². The van der Waals surface area contributed by atoms with Crippen LogP contribution < -0.4 is 14.8 Å².